The zero-order valence-electron chi connectivity index (χ0n) is 20.4. The third-order valence-electron chi connectivity index (χ3n) is 6.10. The Morgan fingerprint density at radius 1 is 0.943 bits per heavy atom. The van der Waals surface area contributed by atoms with Crippen molar-refractivity contribution >= 4 is 39.7 Å². The van der Waals surface area contributed by atoms with Gasteiger partial charge in [-0.25, -0.2) is 9.97 Å². The lowest BCUT2D eigenvalue weighted by Crippen LogP contribution is -2.52. The van der Waals surface area contributed by atoms with Gasteiger partial charge in [-0.15, -0.1) is 0 Å². The number of morpholine rings is 1. The van der Waals surface area contributed by atoms with Gasteiger partial charge in [0.2, 0.25) is 0 Å². The summed E-state index contributed by atoms with van der Waals surface area (Å²) in [5.74, 6) is 2.63. The molecule has 2 aliphatic rings. The van der Waals surface area contributed by atoms with Crippen molar-refractivity contribution in [1.82, 2.24) is 18.6 Å². The number of hydrogen-bond donors (Lipinski definition) is 1. The monoisotopic (exact) mass is 503 g/mol. The Hall–Kier alpha value is -2.93. The second-order valence-electron chi connectivity index (χ2n) is 8.52. The van der Waals surface area contributed by atoms with Crippen LogP contribution >= 0.6 is 0 Å². The molecular formula is C23H33N7O4S. The molecule has 0 bridgehead atoms. The SMILES string of the molecule is COc1ccc(C=Cc2nc(N3CCOCC3)c(N)c(N3CCN(S(=O)(=O)N(C)C)CC3)n2)cc1. The summed E-state index contributed by atoms with van der Waals surface area (Å²) in [5.41, 5.74) is 8.08. The molecule has 4 rings (SSSR count). The van der Waals surface area contributed by atoms with Crippen LogP contribution in [0.5, 0.6) is 5.75 Å². The maximum absolute atomic E-state index is 12.5. The molecule has 1 aromatic carbocycles. The first-order valence-corrected chi connectivity index (χ1v) is 12.9. The number of nitrogens with two attached hydrogens (primary N) is 1. The van der Waals surface area contributed by atoms with Gasteiger partial charge >= 0.3 is 0 Å². The van der Waals surface area contributed by atoms with Crippen LogP contribution in [0.25, 0.3) is 12.2 Å². The lowest BCUT2D eigenvalue weighted by molar-refractivity contribution is 0.122. The molecule has 0 unspecified atom stereocenters. The fraction of sp³-hybridized carbons (Fsp3) is 0.478. The third kappa shape index (κ3) is 5.67. The van der Waals surface area contributed by atoms with Gasteiger partial charge < -0.3 is 25.0 Å². The number of hydrogen-bond acceptors (Lipinski definition) is 9. The lowest BCUT2D eigenvalue weighted by atomic mass is 10.2. The number of ether oxygens (including phenoxy) is 2. The van der Waals surface area contributed by atoms with Crippen LogP contribution in [-0.4, -0.2) is 101 Å². The molecule has 2 aromatic rings. The zero-order valence-corrected chi connectivity index (χ0v) is 21.2. The zero-order chi connectivity index (χ0) is 25.0. The van der Waals surface area contributed by atoms with Crippen LogP contribution in [-0.2, 0) is 14.9 Å². The van der Waals surface area contributed by atoms with Crippen molar-refractivity contribution < 1.29 is 17.9 Å². The predicted molar refractivity (Wildman–Crippen MR) is 138 cm³/mol. The molecule has 0 radical (unpaired) electrons. The van der Waals surface area contributed by atoms with Gasteiger partial charge in [0.1, 0.15) is 11.4 Å². The van der Waals surface area contributed by atoms with Crippen molar-refractivity contribution in [1.29, 1.82) is 0 Å². The van der Waals surface area contributed by atoms with Gasteiger partial charge in [0, 0.05) is 53.4 Å². The molecule has 1 aromatic heterocycles. The third-order valence-corrected chi connectivity index (χ3v) is 8.04. The summed E-state index contributed by atoms with van der Waals surface area (Å²) in [6.45, 7) is 4.28. The van der Waals surface area contributed by atoms with Gasteiger partial charge in [-0.05, 0) is 23.8 Å². The molecule has 0 saturated carbocycles. The molecular weight excluding hydrogens is 470 g/mol. The summed E-state index contributed by atoms with van der Waals surface area (Å²) in [7, 11) is 1.26. The van der Waals surface area contributed by atoms with E-state index in [1.165, 1.54) is 8.61 Å². The van der Waals surface area contributed by atoms with Crippen molar-refractivity contribution in [2.75, 3.05) is 89.2 Å². The van der Waals surface area contributed by atoms with E-state index in [1.807, 2.05) is 41.3 Å². The van der Waals surface area contributed by atoms with Crippen LogP contribution in [0.2, 0.25) is 0 Å². The van der Waals surface area contributed by atoms with Crippen LogP contribution in [0.3, 0.4) is 0 Å². The van der Waals surface area contributed by atoms with Crippen molar-refractivity contribution in [3.05, 3.63) is 35.7 Å². The highest BCUT2D eigenvalue weighted by Gasteiger charge is 2.31. The quantitative estimate of drug-likeness (QED) is 0.590. The summed E-state index contributed by atoms with van der Waals surface area (Å²) in [5, 5.41) is 0. The molecule has 35 heavy (non-hydrogen) atoms. The van der Waals surface area contributed by atoms with Gasteiger partial charge in [0.25, 0.3) is 10.2 Å². The van der Waals surface area contributed by atoms with Crippen molar-refractivity contribution in [2.24, 2.45) is 0 Å². The number of nitrogens with zero attached hydrogens (tertiary/aromatic N) is 6. The average Bonchev–Trinajstić information content (AvgIpc) is 2.89. The number of anilines is 3. The van der Waals surface area contributed by atoms with E-state index in [1.54, 1.807) is 21.2 Å². The van der Waals surface area contributed by atoms with Crippen LogP contribution < -0.4 is 20.3 Å². The number of nitrogen functional groups attached to an aromatic ring is 1. The Morgan fingerprint density at radius 3 is 2.06 bits per heavy atom. The number of benzene rings is 1. The van der Waals surface area contributed by atoms with E-state index in [0.29, 0.717) is 75.6 Å². The van der Waals surface area contributed by atoms with Gasteiger partial charge in [0.15, 0.2) is 17.5 Å². The Labute approximate surface area is 206 Å². The van der Waals surface area contributed by atoms with Gasteiger partial charge in [0.05, 0.1) is 20.3 Å². The lowest BCUT2D eigenvalue weighted by Gasteiger charge is -2.37. The number of rotatable bonds is 7. The highest BCUT2D eigenvalue weighted by Crippen LogP contribution is 2.32. The Bertz CT molecular complexity index is 1140. The topological polar surface area (TPSA) is 117 Å². The van der Waals surface area contributed by atoms with Crippen LogP contribution in [0.1, 0.15) is 11.4 Å². The second-order valence-corrected chi connectivity index (χ2v) is 10.7. The largest absolute Gasteiger partial charge is 0.497 e. The summed E-state index contributed by atoms with van der Waals surface area (Å²) < 4.78 is 38.5. The maximum atomic E-state index is 12.5. The first-order valence-electron chi connectivity index (χ1n) is 11.5. The van der Waals surface area contributed by atoms with E-state index in [4.69, 9.17) is 25.2 Å². The molecule has 2 aliphatic heterocycles. The standard InChI is InChI=1S/C23H33N7O4S/c1-27(2)35(31,32)30-12-10-28(11-13-30)22-21(24)23(29-14-16-34-17-15-29)26-20(25-22)9-6-18-4-7-19(33-3)8-5-18/h4-9H,10-17,24H2,1-3H3. The van der Waals surface area contributed by atoms with E-state index in [-0.39, 0.29) is 0 Å². The highest BCUT2D eigenvalue weighted by molar-refractivity contribution is 7.86. The molecule has 0 amide bonds. The molecule has 0 aliphatic carbocycles. The minimum absolute atomic E-state index is 0.355. The number of piperazine rings is 1. The highest BCUT2D eigenvalue weighted by atomic mass is 32.2. The summed E-state index contributed by atoms with van der Waals surface area (Å²) >= 11 is 0. The first kappa shape index (κ1) is 25.2. The molecule has 2 fully saturated rings. The molecule has 190 valence electrons. The summed E-state index contributed by atoms with van der Waals surface area (Å²) in [6.07, 6.45) is 3.81. The Morgan fingerprint density at radius 2 is 1.51 bits per heavy atom. The van der Waals surface area contributed by atoms with E-state index >= 15 is 0 Å². The van der Waals surface area contributed by atoms with E-state index in [0.717, 1.165) is 11.3 Å². The number of aromatic nitrogens is 2. The Balaban J connectivity index is 1.62. The number of methoxy groups -OCH3 is 1. The molecule has 11 nitrogen and oxygen atoms in total. The van der Waals surface area contributed by atoms with Crippen LogP contribution in [0, 0.1) is 0 Å². The molecule has 3 heterocycles. The van der Waals surface area contributed by atoms with Crippen LogP contribution in [0.15, 0.2) is 24.3 Å². The van der Waals surface area contributed by atoms with E-state index < -0.39 is 10.2 Å². The molecule has 2 saturated heterocycles. The van der Waals surface area contributed by atoms with Crippen LogP contribution in [0.4, 0.5) is 17.3 Å². The first-order chi connectivity index (χ1) is 16.8. The average molecular weight is 504 g/mol. The minimum atomic E-state index is -3.46. The van der Waals surface area contributed by atoms with E-state index in [9.17, 15) is 8.42 Å². The smallest absolute Gasteiger partial charge is 0.281 e. The van der Waals surface area contributed by atoms with Crippen molar-refractivity contribution in [2.45, 2.75) is 0 Å². The minimum Gasteiger partial charge on any atom is -0.497 e. The molecule has 0 spiro atoms. The van der Waals surface area contributed by atoms with Crippen molar-refractivity contribution in [3.8, 4) is 5.75 Å². The van der Waals surface area contributed by atoms with E-state index in [2.05, 4.69) is 4.90 Å². The predicted octanol–water partition coefficient (Wildman–Crippen LogP) is 1.00. The summed E-state index contributed by atoms with van der Waals surface area (Å²) in [4.78, 5) is 13.7. The fourth-order valence-electron chi connectivity index (χ4n) is 4.04. The van der Waals surface area contributed by atoms with Crippen molar-refractivity contribution in [3.63, 3.8) is 0 Å². The van der Waals surface area contributed by atoms with Gasteiger partial charge in [-0.3, -0.25) is 0 Å². The second kappa shape index (κ2) is 10.8. The van der Waals surface area contributed by atoms with Gasteiger partial charge in [-0.1, -0.05) is 18.2 Å². The molecule has 2 N–H and O–H groups in total. The summed E-state index contributed by atoms with van der Waals surface area (Å²) in [6, 6.07) is 7.71. The maximum Gasteiger partial charge on any atom is 0.281 e. The molecule has 0 atom stereocenters. The Kier molecular flexibility index (Phi) is 7.75. The molecule has 12 heteroatoms. The normalized spacial score (nSPS) is 17.9. The van der Waals surface area contributed by atoms with Gasteiger partial charge in [-0.2, -0.15) is 17.0 Å². The fourth-order valence-corrected chi connectivity index (χ4v) is 5.13.